The fourth-order valence-corrected chi connectivity index (χ4v) is 2.52. The summed E-state index contributed by atoms with van der Waals surface area (Å²) in [7, 11) is 1.53. The van der Waals surface area contributed by atoms with Crippen LogP contribution in [-0.4, -0.2) is 19.0 Å². The van der Waals surface area contributed by atoms with Gasteiger partial charge >= 0.3 is 11.9 Å². The van der Waals surface area contributed by atoms with Crippen molar-refractivity contribution < 1.29 is 23.8 Å². The van der Waals surface area contributed by atoms with Gasteiger partial charge in [-0.3, -0.25) is 9.59 Å². The average Bonchev–Trinajstić information content (AvgIpc) is 2.64. The minimum Gasteiger partial charge on any atom is -0.497 e. The molecule has 0 aliphatic rings. The van der Waals surface area contributed by atoms with Crippen LogP contribution >= 0.6 is 0 Å². The number of rotatable bonds is 13. The molecule has 0 aromatic heterocycles. The zero-order chi connectivity index (χ0) is 19.2. The van der Waals surface area contributed by atoms with Crippen LogP contribution in [-0.2, 0) is 9.59 Å². The van der Waals surface area contributed by atoms with E-state index < -0.39 is 0 Å². The zero-order valence-corrected chi connectivity index (χ0v) is 16.3. The number of carbonyl (C=O) groups excluding carboxylic acids is 2. The topological polar surface area (TPSA) is 61.8 Å². The molecule has 0 saturated carbocycles. The third-order valence-electron chi connectivity index (χ3n) is 4.07. The number of methoxy groups -OCH3 is 1. The summed E-state index contributed by atoms with van der Waals surface area (Å²) >= 11 is 0. The van der Waals surface area contributed by atoms with E-state index in [9.17, 15) is 9.59 Å². The molecule has 1 aromatic carbocycles. The van der Waals surface area contributed by atoms with Crippen LogP contribution in [0.4, 0.5) is 0 Å². The van der Waals surface area contributed by atoms with Crippen molar-refractivity contribution in [2.45, 2.75) is 78.1 Å². The van der Waals surface area contributed by atoms with Crippen LogP contribution in [0.25, 0.3) is 0 Å². The monoisotopic (exact) mass is 364 g/mol. The van der Waals surface area contributed by atoms with Gasteiger partial charge in [-0.1, -0.05) is 52.4 Å². The van der Waals surface area contributed by atoms with Crippen LogP contribution in [0.2, 0.25) is 0 Å². The third kappa shape index (κ3) is 8.88. The van der Waals surface area contributed by atoms with Gasteiger partial charge < -0.3 is 14.2 Å². The molecule has 5 heteroatoms. The molecule has 0 amide bonds. The summed E-state index contributed by atoms with van der Waals surface area (Å²) in [6.45, 7) is 4.25. The molecule has 0 heterocycles. The van der Waals surface area contributed by atoms with E-state index in [-0.39, 0.29) is 23.4 Å². The molecule has 1 rings (SSSR count). The van der Waals surface area contributed by atoms with Crippen molar-refractivity contribution in [1.29, 1.82) is 0 Å². The maximum Gasteiger partial charge on any atom is 0.311 e. The van der Waals surface area contributed by atoms with E-state index in [4.69, 9.17) is 14.2 Å². The van der Waals surface area contributed by atoms with Crippen LogP contribution < -0.4 is 14.2 Å². The molecule has 0 atom stereocenters. The Hall–Kier alpha value is -2.04. The maximum atomic E-state index is 12.1. The minimum absolute atomic E-state index is 0.228. The standard InChI is InChI=1S/C21H32O5/c1-4-6-8-10-12-20(22)25-18-15-14-17(24-3)16-19(18)26-21(23)13-11-9-7-5-2/h14-16H,4-13H2,1-3H3. The number of hydrogen-bond acceptors (Lipinski definition) is 5. The van der Waals surface area contributed by atoms with Crippen molar-refractivity contribution in [3.8, 4) is 17.2 Å². The summed E-state index contributed by atoms with van der Waals surface area (Å²) in [6, 6.07) is 4.85. The Kier molecular flexibility index (Phi) is 11.2. The summed E-state index contributed by atoms with van der Waals surface area (Å²) in [6.07, 6.45) is 8.76. The van der Waals surface area contributed by atoms with Crippen molar-refractivity contribution >= 4 is 11.9 Å². The molecule has 0 spiro atoms. The lowest BCUT2D eigenvalue weighted by Gasteiger charge is -2.12. The van der Waals surface area contributed by atoms with Crippen molar-refractivity contribution in [2.75, 3.05) is 7.11 Å². The van der Waals surface area contributed by atoms with Gasteiger partial charge in [0.15, 0.2) is 11.5 Å². The van der Waals surface area contributed by atoms with Crippen LogP contribution in [0.3, 0.4) is 0 Å². The van der Waals surface area contributed by atoms with Crippen molar-refractivity contribution in [3.63, 3.8) is 0 Å². The first-order valence-corrected chi connectivity index (χ1v) is 9.70. The highest BCUT2D eigenvalue weighted by Crippen LogP contribution is 2.32. The predicted molar refractivity (Wildman–Crippen MR) is 102 cm³/mol. The zero-order valence-electron chi connectivity index (χ0n) is 16.3. The van der Waals surface area contributed by atoms with Gasteiger partial charge in [0.2, 0.25) is 0 Å². The number of hydrogen-bond donors (Lipinski definition) is 0. The second kappa shape index (κ2) is 13.2. The number of benzene rings is 1. The van der Waals surface area contributed by atoms with Gasteiger partial charge in [0.1, 0.15) is 5.75 Å². The molecule has 0 saturated heterocycles. The predicted octanol–water partition coefficient (Wildman–Crippen LogP) is 5.45. The van der Waals surface area contributed by atoms with Crippen molar-refractivity contribution in [1.82, 2.24) is 0 Å². The van der Waals surface area contributed by atoms with Crippen LogP contribution in [0.15, 0.2) is 18.2 Å². The highest BCUT2D eigenvalue weighted by atomic mass is 16.6. The second-order valence-corrected chi connectivity index (χ2v) is 6.38. The quantitative estimate of drug-likeness (QED) is 0.265. The summed E-state index contributed by atoms with van der Waals surface area (Å²) in [5.74, 6) is 0.391. The second-order valence-electron chi connectivity index (χ2n) is 6.38. The minimum atomic E-state index is -0.324. The Morgan fingerprint density at radius 2 is 1.31 bits per heavy atom. The van der Waals surface area contributed by atoms with E-state index >= 15 is 0 Å². The number of esters is 2. The van der Waals surface area contributed by atoms with Gasteiger partial charge in [0, 0.05) is 18.9 Å². The molecule has 1 aromatic rings. The fraction of sp³-hybridized carbons (Fsp3) is 0.619. The van der Waals surface area contributed by atoms with Crippen molar-refractivity contribution in [2.24, 2.45) is 0 Å². The van der Waals surface area contributed by atoms with E-state index in [0.717, 1.165) is 51.4 Å². The summed E-state index contributed by atoms with van der Waals surface area (Å²) in [4.78, 5) is 24.1. The molecule has 0 unspecified atom stereocenters. The molecular weight excluding hydrogens is 332 g/mol. The Bertz CT molecular complexity index is 553. The molecule has 146 valence electrons. The summed E-state index contributed by atoms with van der Waals surface area (Å²) < 4.78 is 16.0. The normalized spacial score (nSPS) is 10.4. The molecule has 0 aliphatic carbocycles. The number of unbranched alkanes of at least 4 members (excludes halogenated alkanes) is 6. The highest BCUT2D eigenvalue weighted by molar-refractivity contribution is 5.76. The molecule has 5 nitrogen and oxygen atoms in total. The number of carbonyl (C=O) groups is 2. The lowest BCUT2D eigenvalue weighted by Crippen LogP contribution is -2.12. The van der Waals surface area contributed by atoms with Gasteiger partial charge in [-0.25, -0.2) is 0 Å². The van der Waals surface area contributed by atoms with Crippen molar-refractivity contribution in [3.05, 3.63) is 18.2 Å². The highest BCUT2D eigenvalue weighted by Gasteiger charge is 2.15. The van der Waals surface area contributed by atoms with Gasteiger partial charge in [0.25, 0.3) is 0 Å². The SMILES string of the molecule is CCCCCCC(=O)Oc1ccc(OC)cc1OC(=O)CCCCCC. The Labute approximate surface area is 157 Å². The molecule has 26 heavy (non-hydrogen) atoms. The lowest BCUT2D eigenvalue weighted by atomic mass is 10.1. The van der Waals surface area contributed by atoms with E-state index in [0.29, 0.717) is 18.6 Å². The Morgan fingerprint density at radius 1 is 0.769 bits per heavy atom. The van der Waals surface area contributed by atoms with Gasteiger partial charge in [-0.2, -0.15) is 0 Å². The molecule has 0 N–H and O–H groups in total. The first kappa shape index (κ1) is 22.0. The smallest absolute Gasteiger partial charge is 0.311 e. The van der Waals surface area contributed by atoms with E-state index in [1.807, 2.05) is 0 Å². The molecular formula is C21H32O5. The Balaban J connectivity index is 2.64. The molecule has 0 aliphatic heterocycles. The molecule has 0 fully saturated rings. The van der Waals surface area contributed by atoms with E-state index in [2.05, 4.69) is 13.8 Å². The van der Waals surface area contributed by atoms with Gasteiger partial charge in [0.05, 0.1) is 7.11 Å². The number of ether oxygens (including phenoxy) is 3. The third-order valence-corrected chi connectivity index (χ3v) is 4.07. The van der Waals surface area contributed by atoms with Crippen LogP contribution in [0.1, 0.15) is 78.1 Å². The first-order valence-electron chi connectivity index (χ1n) is 9.70. The fourth-order valence-electron chi connectivity index (χ4n) is 2.52. The summed E-state index contributed by atoms with van der Waals surface area (Å²) in [5.41, 5.74) is 0. The Morgan fingerprint density at radius 3 is 1.81 bits per heavy atom. The van der Waals surface area contributed by atoms with E-state index in [1.54, 1.807) is 18.2 Å². The largest absolute Gasteiger partial charge is 0.497 e. The average molecular weight is 364 g/mol. The summed E-state index contributed by atoms with van der Waals surface area (Å²) in [5, 5.41) is 0. The lowest BCUT2D eigenvalue weighted by molar-refractivity contribution is -0.137. The van der Waals surface area contributed by atoms with Crippen LogP contribution in [0, 0.1) is 0 Å². The maximum absolute atomic E-state index is 12.1. The molecule has 0 radical (unpaired) electrons. The first-order chi connectivity index (χ1) is 12.6. The van der Waals surface area contributed by atoms with Gasteiger partial charge in [-0.05, 0) is 25.0 Å². The molecule has 0 bridgehead atoms. The van der Waals surface area contributed by atoms with Gasteiger partial charge in [-0.15, -0.1) is 0 Å². The van der Waals surface area contributed by atoms with E-state index in [1.165, 1.54) is 7.11 Å². The van der Waals surface area contributed by atoms with Crippen LogP contribution in [0.5, 0.6) is 17.2 Å².